The van der Waals surface area contributed by atoms with Crippen molar-refractivity contribution in [3.05, 3.63) is 64.7 Å². The van der Waals surface area contributed by atoms with Gasteiger partial charge < -0.3 is 10.6 Å². The van der Waals surface area contributed by atoms with Gasteiger partial charge >= 0.3 is 0 Å². The first-order valence-corrected chi connectivity index (χ1v) is 10.6. The van der Waals surface area contributed by atoms with E-state index in [1.165, 1.54) is 11.6 Å². The Kier molecular flexibility index (Phi) is 7.72. The molecule has 2 aromatic rings. The first-order valence-electron chi connectivity index (χ1n) is 8.65. The van der Waals surface area contributed by atoms with E-state index in [4.69, 9.17) is 16.7 Å². The van der Waals surface area contributed by atoms with Crippen LogP contribution in [0.15, 0.2) is 58.4 Å². The van der Waals surface area contributed by atoms with Crippen molar-refractivity contribution in [3.63, 3.8) is 0 Å². The Balaban J connectivity index is 0.00000280. The minimum Gasteiger partial charge on any atom is -0.356 e. The molecule has 0 spiro atoms. The van der Waals surface area contributed by atoms with Crippen molar-refractivity contribution >= 4 is 51.6 Å². The summed E-state index contributed by atoms with van der Waals surface area (Å²) in [4.78, 5) is 4.34. The number of halogens is 2. The van der Waals surface area contributed by atoms with Gasteiger partial charge in [0.25, 0.3) is 0 Å². The average Bonchev–Trinajstić information content (AvgIpc) is 3.43. The second-order valence-corrected chi connectivity index (χ2v) is 8.76. The van der Waals surface area contributed by atoms with Crippen LogP contribution in [0, 0.1) is 0 Å². The maximum Gasteiger partial charge on any atom is 0.238 e. The highest BCUT2D eigenvalue weighted by atomic mass is 127. The predicted molar refractivity (Wildman–Crippen MR) is 124 cm³/mol. The van der Waals surface area contributed by atoms with Gasteiger partial charge in [0.05, 0.1) is 4.90 Å². The summed E-state index contributed by atoms with van der Waals surface area (Å²) < 4.78 is 22.9. The molecule has 3 rings (SSSR count). The molecule has 1 aliphatic rings. The maximum absolute atomic E-state index is 11.5. The molecule has 0 saturated heterocycles. The molecule has 0 atom stereocenters. The number of nitrogens with two attached hydrogens (primary N) is 1. The van der Waals surface area contributed by atoms with Crippen molar-refractivity contribution < 1.29 is 8.42 Å². The van der Waals surface area contributed by atoms with E-state index in [1.807, 2.05) is 24.3 Å². The standard InChI is InChI=1S/C19H23ClN4O2S.HI/c1-22-18(23-12-14-4-2-7-17(10-14)27(21,25)26)24-13-19(8-9-19)15-5-3-6-16(20)11-15;/h2-7,10-11H,8-9,12-13H2,1H3,(H2,21,25,26)(H2,22,23,24);1H. The number of hydrogen-bond donors (Lipinski definition) is 3. The Morgan fingerprint density at radius 2 is 1.89 bits per heavy atom. The Morgan fingerprint density at radius 1 is 1.18 bits per heavy atom. The van der Waals surface area contributed by atoms with Crippen LogP contribution in [0.5, 0.6) is 0 Å². The largest absolute Gasteiger partial charge is 0.356 e. The van der Waals surface area contributed by atoms with Crippen LogP contribution >= 0.6 is 35.6 Å². The molecule has 0 heterocycles. The minimum atomic E-state index is -3.71. The van der Waals surface area contributed by atoms with Gasteiger partial charge in [-0.3, -0.25) is 4.99 Å². The van der Waals surface area contributed by atoms with Crippen LogP contribution in [0.4, 0.5) is 0 Å². The molecule has 0 radical (unpaired) electrons. The second-order valence-electron chi connectivity index (χ2n) is 6.76. The van der Waals surface area contributed by atoms with Crippen molar-refractivity contribution in [1.29, 1.82) is 0 Å². The van der Waals surface area contributed by atoms with Gasteiger partial charge in [-0.2, -0.15) is 0 Å². The van der Waals surface area contributed by atoms with Gasteiger partial charge in [0.15, 0.2) is 5.96 Å². The summed E-state index contributed by atoms with van der Waals surface area (Å²) >= 11 is 6.12. The molecule has 0 bridgehead atoms. The van der Waals surface area contributed by atoms with E-state index in [0.29, 0.717) is 12.5 Å². The number of nitrogens with zero attached hydrogens (tertiary/aromatic N) is 1. The fourth-order valence-electron chi connectivity index (χ4n) is 3.03. The highest BCUT2D eigenvalue weighted by molar-refractivity contribution is 14.0. The normalized spacial score (nSPS) is 15.5. The molecular formula is C19H24ClIN4O2S. The monoisotopic (exact) mass is 534 g/mol. The Bertz CT molecular complexity index is 962. The zero-order valence-electron chi connectivity index (χ0n) is 15.5. The molecule has 0 aliphatic heterocycles. The highest BCUT2D eigenvalue weighted by Gasteiger charge is 2.44. The van der Waals surface area contributed by atoms with Crippen LogP contribution in [-0.4, -0.2) is 28.0 Å². The summed E-state index contributed by atoms with van der Waals surface area (Å²) in [7, 11) is -2.01. The highest BCUT2D eigenvalue weighted by Crippen LogP contribution is 2.48. The van der Waals surface area contributed by atoms with Crippen molar-refractivity contribution in [2.24, 2.45) is 10.1 Å². The second kappa shape index (κ2) is 9.43. The minimum absolute atomic E-state index is 0. The van der Waals surface area contributed by atoms with Gasteiger partial charge in [-0.1, -0.05) is 35.9 Å². The SMILES string of the molecule is CN=C(NCc1cccc(S(N)(=O)=O)c1)NCC1(c2cccc(Cl)c2)CC1.I. The number of hydrogen-bond acceptors (Lipinski definition) is 3. The third-order valence-corrected chi connectivity index (χ3v) is 5.94. The molecular weight excluding hydrogens is 511 g/mol. The molecule has 2 aromatic carbocycles. The number of nitrogens with one attached hydrogen (secondary N) is 2. The van der Waals surface area contributed by atoms with Gasteiger partial charge in [-0.05, 0) is 48.2 Å². The zero-order valence-corrected chi connectivity index (χ0v) is 19.4. The van der Waals surface area contributed by atoms with Crippen LogP contribution in [0.25, 0.3) is 0 Å². The first kappa shape index (κ1) is 22.9. The lowest BCUT2D eigenvalue weighted by atomic mass is 9.96. The summed E-state index contributed by atoms with van der Waals surface area (Å²) in [5, 5.41) is 12.5. The molecule has 152 valence electrons. The molecule has 28 heavy (non-hydrogen) atoms. The summed E-state index contributed by atoms with van der Waals surface area (Å²) in [5.41, 5.74) is 2.13. The number of guanidine groups is 1. The molecule has 1 saturated carbocycles. The van der Waals surface area contributed by atoms with Crippen LogP contribution in [-0.2, 0) is 22.0 Å². The van der Waals surface area contributed by atoms with Crippen molar-refractivity contribution in [2.75, 3.05) is 13.6 Å². The van der Waals surface area contributed by atoms with E-state index in [1.54, 1.807) is 19.2 Å². The molecule has 9 heteroatoms. The quantitative estimate of drug-likeness (QED) is 0.302. The molecule has 1 aliphatic carbocycles. The Hall–Kier alpha value is -1.36. The van der Waals surface area contributed by atoms with Crippen LogP contribution in [0.1, 0.15) is 24.0 Å². The number of benzene rings is 2. The number of primary sulfonamides is 1. The Morgan fingerprint density at radius 3 is 2.50 bits per heavy atom. The van der Waals surface area contributed by atoms with E-state index < -0.39 is 10.0 Å². The van der Waals surface area contributed by atoms with Crippen molar-refractivity contribution in [1.82, 2.24) is 10.6 Å². The lowest BCUT2D eigenvalue weighted by Crippen LogP contribution is -2.40. The molecule has 6 nitrogen and oxygen atoms in total. The predicted octanol–water partition coefficient (Wildman–Crippen LogP) is 3.00. The van der Waals surface area contributed by atoms with Gasteiger partial charge in [-0.25, -0.2) is 13.6 Å². The van der Waals surface area contributed by atoms with Crippen LogP contribution < -0.4 is 15.8 Å². The van der Waals surface area contributed by atoms with E-state index in [9.17, 15) is 8.42 Å². The topological polar surface area (TPSA) is 96.6 Å². The Labute approximate surface area is 188 Å². The van der Waals surface area contributed by atoms with Crippen molar-refractivity contribution in [3.8, 4) is 0 Å². The number of aliphatic imine (C=N–C) groups is 1. The zero-order chi connectivity index (χ0) is 19.5. The summed E-state index contributed by atoms with van der Waals surface area (Å²) in [6, 6.07) is 14.5. The maximum atomic E-state index is 11.5. The van der Waals surface area contributed by atoms with Gasteiger partial charge in [0, 0.05) is 30.6 Å². The third-order valence-electron chi connectivity index (χ3n) is 4.80. The molecule has 1 fully saturated rings. The molecule has 0 amide bonds. The third kappa shape index (κ3) is 5.82. The lowest BCUT2D eigenvalue weighted by Gasteiger charge is -2.19. The summed E-state index contributed by atoms with van der Waals surface area (Å²) in [5.74, 6) is 0.657. The molecule has 4 N–H and O–H groups in total. The number of rotatable bonds is 6. The van der Waals surface area contributed by atoms with Gasteiger partial charge in [0.1, 0.15) is 0 Å². The van der Waals surface area contributed by atoms with Crippen LogP contribution in [0.3, 0.4) is 0 Å². The average molecular weight is 535 g/mol. The summed E-state index contributed by atoms with van der Waals surface area (Å²) in [6.45, 7) is 1.19. The van der Waals surface area contributed by atoms with E-state index in [2.05, 4.69) is 21.7 Å². The fraction of sp³-hybridized carbons (Fsp3) is 0.316. The van der Waals surface area contributed by atoms with E-state index in [-0.39, 0.29) is 34.3 Å². The first-order chi connectivity index (χ1) is 12.8. The number of sulfonamides is 1. The van der Waals surface area contributed by atoms with E-state index in [0.717, 1.165) is 30.0 Å². The van der Waals surface area contributed by atoms with Crippen molar-refractivity contribution in [2.45, 2.75) is 29.7 Å². The molecule has 0 aromatic heterocycles. The van der Waals surface area contributed by atoms with Gasteiger partial charge in [-0.15, -0.1) is 24.0 Å². The lowest BCUT2D eigenvalue weighted by molar-refractivity contribution is 0.597. The fourth-order valence-corrected chi connectivity index (χ4v) is 3.80. The molecule has 0 unspecified atom stereocenters. The van der Waals surface area contributed by atoms with Gasteiger partial charge in [0.2, 0.25) is 10.0 Å². The van der Waals surface area contributed by atoms with Crippen LogP contribution in [0.2, 0.25) is 5.02 Å². The van der Waals surface area contributed by atoms with E-state index >= 15 is 0 Å². The smallest absolute Gasteiger partial charge is 0.238 e. The summed E-state index contributed by atoms with van der Waals surface area (Å²) in [6.07, 6.45) is 2.21.